The molecule has 5 nitrogen and oxygen atoms in total. The van der Waals surface area contributed by atoms with Crippen molar-refractivity contribution in [3.8, 4) is 10.6 Å². The van der Waals surface area contributed by atoms with Crippen molar-refractivity contribution < 1.29 is 4.79 Å². The highest BCUT2D eigenvalue weighted by molar-refractivity contribution is 7.13. The molecule has 0 radical (unpaired) electrons. The Hall–Kier alpha value is -1.18. The van der Waals surface area contributed by atoms with Crippen LogP contribution in [0.5, 0.6) is 0 Å². The van der Waals surface area contributed by atoms with Gasteiger partial charge in [-0.05, 0) is 0 Å². The number of carbonyl (C=O) groups is 1. The monoisotopic (exact) mass is 388 g/mol. The summed E-state index contributed by atoms with van der Waals surface area (Å²) >= 11 is 1.50. The van der Waals surface area contributed by atoms with Gasteiger partial charge in [0.05, 0.1) is 0 Å². The van der Waals surface area contributed by atoms with E-state index in [1.165, 1.54) is 11.3 Å². The van der Waals surface area contributed by atoms with Crippen molar-refractivity contribution in [3.63, 3.8) is 0 Å². The van der Waals surface area contributed by atoms with E-state index >= 15 is 0 Å². The summed E-state index contributed by atoms with van der Waals surface area (Å²) in [5.41, 5.74) is 1.55. The number of thiazole rings is 1. The van der Waals surface area contributed by atoms with E-state index in [0.29, 0.717) is 12.2 Å². The van der Waals surface area contributed by atoms with Crippen LogP contribution in [0.25, 0.3) is 10.6 Å². The minimum absolute atomic E-state index is 0. The van der Waals surface area contributed by atoms with Gasteiger partial charge in [0.15, 0.2) is 0 Å². The standard InChI is InChI=1S/C16H20N4OS.2ClH/c21-15(18-8-11-20-9-6-17-7-10-20)14-12-22-16(19-14)13-4-2-1-3-5-13;;/h1-5,12,17H,6-11H2,(H,18,21);2*1H. The molecule has 0 aliphatic carbocycles. The van der Waals surface area contributed by atoms with E-state index in [2.05, 4.69) is 20.5 Å². The molecule has 1 aromatic carbocycles. The number of halogens is 2. The molecule has 8 heteroatoms. The van der Waals surface area contributed by atoms with E-state index in [0.717, 1.165) is 43.3 Å². The van der Waals surface area contributed by atoms with Crippen LogP contribution in [0.2, 0.25) is 0 Å². The Morgan fingerprint density at radius 2 is 1.92 bits per heavy atom. The predicted molar refractivity (Wildman–Crippen MR) is 104 cm³/mol. The summed E-state index contributed by atoms with van der Waals surface area (Å²) < 4.78 is 0. The Morgan fingerprint density at radius 1 is 1.21 bits per heavy atom. The molecule has 0 saturated carbocycles. The van der Waals surface area contributed by atoms with Gasteiger partial charge in [-0.3, -0.25) is 9.69 Å². The topological polar surface area (TPSA) is 57.3 Å². The van der Waals surface area contributed by atoms with Crippen molar-refractivity contribution in [2.45, 2.75) is 0 Å². The van der Waals surface area contributed by atoms with Crippen molar-refractivity contribution in [2.75, 3.05) is 39.3 Å². The molecule has 2 heterocycles. The van der Waals surface area contributed by atoms with Gasteiger partial charge in [-0.2, -0.15) is 0 Å². The Labute approximate surface area is 158 Å². The number of aromatic nitrogens is 1. The zero-order valence-corrected chi connectivity index (χ0v) is 15.7. The summed E-state index contributed by atoms with van der Waals surface area (Å²) in [7, 11) is 0. The fourth-order valence-corrected chi connectivity index (χ4v) is 3.25. The molecule has 2 N–H and O–H groups in total. The van der Waals surface area contributed by atoms with Crippen LogP contribution in [0.3, 0.4) is 0 Å². The maximum atomic E-state index is 12.1. The lowest BCUT2D eigenvalue weighted by Gasteiger charge is -2.26. The van der Waals surface area contributed by atoms with E-state index in [9.17, 15) is 4.79 Å². The fourth-order valence-electron chi connectivity index (χ4n) is 2.44. The summed E-state index contributed by atoms with van der Waals surface area (Å²) in [5.74, 6) is -0.0893. The van der Waals surface area contributed by atoms with Crippen LogP contribution in [-0.2, 0) is 0 Å². The van der Waals surface area contributed by atoms with Gasteiger partial charge in [-0.15, -0.1) is 36.2 Å². The van der Waals surface area contributed by atoms with Crippen molar-refractivity contribution >= 4 is 42.1 Å². The molecule has 1 aromatic heterocycles. The van der Waals surface area contributed by atoms with E-state index in [-0.39, 0.29) is 30.7 Å². The second kappa shape index (κ2) is 10.6. The van der Waals surface area contributed by atoms with Crippen LogP contribution in [0.4, 0.5) is 0 Å². The molecule has 2 aromatic rings. The van der Waals surface area contributed by atoms with Crippen LogP contribution in [0, 0.1) is 0 Å². The van der Waals surface area contributed by atoms with Crippen molar-refractivity contribution in [2.24, 2.45) is 0 Å². The molecule has 1 saturated heterocycles. The fraction of sp³-hybridized carbons (Fsp3) is 0.375. The lowest BCUT2D eigenvalue weighted by molar-refractivity contribution is 0.0943. The van der Waals surface area contributed by atoms with Crippen molar-refractivity contribution in [3.05, 3.63) is 41.4 Å². The number of amides is 1. The van der Waals surface area contributed by atoms with Crippen molar-refractivity contribution in [1.29, 1.82) is 0 Å². The number of benzene rings is 1. The molecule has 24 heavy (non-hydrogen) atoms. The first kappa shape index (κ1) is 20.9. The number of hydrogen-bond acceptors (Lipinski definition) is 5. The molecular formula is C16H22Cl2N4OS. The van der Waals surface area contributed by atoms with Gasteiger partial charge in [-0.1, -0.05) is 30.3 Å². The Kier molecular flexibility index (Phi) is 9.25. The lowest BCUT2D eigenvalue weighted by Crippen LogP contribution is -2.46. The number of carbonyl (C=O) groups excluding carboxylic acids is 1. The third-order valence-electron chi connectivity index (χ3n) is 3.68. The Morgan fingerprint density at radius 3 is 2.62 bits per heavy atom. The number of rotatable bonds is 5. The second-order valence-electron chi connectivity index (χ2n) is 5.25. The first-order chi connectivity index (χ1) is 10.8. The summed E-state index contributed by atoms with van der Waals surface area (Å²) in [6.45, 7) is 5.70. The highest BCUT2D eigenvalue weighted by Crippen LogP contribution is 2.23. The maximum Gasteiger partial charge on any atom is 0.270 e. The highest BCUT2D eigenvalue weighted by atomic mass is 35.5. The van der Waals surface area contributed by atoms with Gasteiger partial charge < -0.3 is 10.6 Å². The summed E-state index contributed by atoms with van der Waals surface area (Å²) in [5, 5.41) is 8.98. The Balaban J connectivity index is 0.00000144. The third-order valence-corrected chi connectivity index (χ3v) is 4.57. The summed E-state index contributed by atoms with van der Waals surface area (Å²) in [4.78, 5) is 18.9. The molecule has 1 amide bonds. The van der Waals surface area contributed by atoms with E-state index in [1.54, 1.807) is 0 Å². The zero-order chi connectivity index (χ0) is 15.2. The molecule has 1 aliphatic heterocycles. The van der Waals surface area contributed by atoms with Gasteiger partial charge >= 0.3 is 0 Å². The van der Waals surface area contributed by atoms with E-state index < -0.39 is 0 Å². The van der Waals surface area contributed by atoms with Gasteiger partial charge in [-0.25, -0.2) is 4.98 Å². The molecule has 132 valence electrons. The van der Waals surface area contributed by atoms with Gasteiger partial charge in [0.1, 0.15) is 10.7 Å². The third kappa shape index (κ3) is 5.72. The molecule has 0 unspecified atom stereocenters. The molecule has 1 fully saturated rings. The zero-order valence-electron chi connectivity index (χ0n) is 13.2. The SMILES string of the molecule is Cl.Cl.O=C(NCCN1CCNCC1)c1csc(-c2ccccc2)n1. The van der Waals surface area contributed by atoms with E-state index in [4.69, 9.17) is 0 Å². The molecule has 0 atom stereocenters. The van der Waals surface area contributed by atoms with Crippen LogP contribution < -0.4 is 10.6 Å². The summed E-state index contributed by atoms with van der Waals surface area (Å²) in [6.07, 6.45) is 0. The van der Waals surface area contributed by atoms with Crippen molar-refractivity contribution in [1.82, 2.24) is 20.5 Å². The highest BCUT2D eigenvalue weighted by Gasteiger charge is 2.13. The maximum absolute atomic E-state index is 12.1. The number of nitrogens with zero attached hydrogens (tertiary/aromatic N) is 2. The minimum atomic E-state index is -0.0893. The normalized spacial score (nSPS) is 14.3. The Bertz CT molecular complexity index is 618. The van der Waals surface area contributed by atoms with Crippen LogP contribution >= 0.6 is 36.2 Å². The molecule has 0 bridgehead atoms. The largest absolute Gasteiger partial charge is 0.349 e. The predicted octanol–water partition coefficient (Wildman–Crippen LogP) is 2.29. The average molecular weight is 389 g/mol. The molecule has 1 aliphatic rings. The van der Waals surface area contributed by atoms with Gasteiger partial charge in [0, 0.05) is 50.2 Å². The first-order valence-electron chi connectivity index (χ1n) is 7.55. The number of hydrogen-bond donors (Lipinski definition) is 2. The quantitative estimate of drug-likeness (QED) is 0.824. The number of piperazine rings is 1. The lowest BCUT2D eigenvalue weighted by atomic mass is 10.2. The van der Waals surface area contributed by atoms with Crippen LogP contribution in [0.15, 0.2) is 35.7 Å². The smallest absolute Gasteiger partial charge is 0.270 e. The van der Waals surface area contributed by atoms with Crippen LogP contribution in [0.1, 0.15) is 10.5 Å². The minimum Gasteiger partial charge on any atom is -0.349 e. The van der Waals surface area contributed by atoms with Gasteiger partial charge in [0.2, 0.25) is 0 Å². The summed E-state index contributed by atoms with van der Waals surface area (Å²) in [6, 6.07) is 9.94. The molecule has 3 rings (SSSR count). The average Bonchev–Trinajstić information content (AvgIpc) is 3.07. The molecule has 0 spiro atoms. The number of nitrogens with one attached hydrogen (secondary N) is 2. The molecular weight excluding hydrogens is 367 g/mol. The van der Waals surface area contributed by atoms with E-state index in [1.807, 2.05) is 35.7 Å². The first-order valence-corrected chi connectivity index (χ1v) is 8.43. The van der Waals surface area contributed by atoms with Crippen LogP contribution in [-0.4, -0.2) is 55.1 Å². The van der Waals surface area contributed by atoms with Gasteiger partial charge in [0.25, 0.3) is 5.91 Å². The second-order valence-corrected chi connectivity index (χ2v) is 6.11.